The highest BCUT2D eigenvalue weighted by molar-refractivity contribution is 5.80. The monoisotopic (exact) mass is 296 g/mol. The normalized spacial score (nSPS) is 12.9. The number of carboxylic acid groups (broad SMARTS) is 1. The van der Waals surface area contributed by atoms with E-state index < -0.39 is 23.5 Å². The highest BCUT2D eigenvalue weighted by Crippen LogP contribution is 2.15. The summed E-state index contributed by atoms with van der Waals surface area (Å²) >= 11 is 0. The third-order valence-electron chi connectivity index (χ3n) is 3.11. The summed E-state index contributed by atoms with van der Waals surface area (Å²) < 4.78 is 12.9. The molecule has 0 aliphatic heterocycles. The summed E-state index contributed by atoms with van der Waals surface area (Å²) in [5, 5.41) is 11.8. The molecule has 1 atom stereocenters. The Balaban J connectivity index is 2.68. The molecule has 4 N–H and O–H groups in total. The summed E-state index contributed by atoms with van der Waals surface area (Å²) in [4.78, 5) is 22.0. The summed E-state index contributed by atoms with van der Waals surface area (Å²) in [7, 11) is 0. The Kier molecular flexibility index (Phi) is 5.84. The molecule has 0 bridgehead atoms. The first-order valence-corrected chi connectivity index (χ1v) is 6.73. The standard InChI is InChI=1S/C15H21FN2O3/c1-15(2,9-10-3-5-11(16)6-4-10)18-12(14(17)21)7-8-13(19)20/h3-6,12,18H,7-9H2,1-2H3,(H2,17,21)(H,19,20). The smallest absolute Gasteiger partial charge is 0.303 e. The van der Waals surface area contributed by atoms with Gasteiger partial charge in [-0.05, 0) is 44.4 Å². The molecule has 0 spiro atoms. The molecule has 0 aliphatic carbocycles. The Labute approximate surface area is 123 Å². The van der Waals surface area contributed by atoms with Crippen LogP contribution in [0.3, 0.4) is 0 Å². The number of aliphatic carboxylic acids is 1. The molecule has 0 aliphatic rings. The number of halogens is 1. The fraction of sp³-hybridized carbons (Fsp3) is 0.467. The van der Waals surface area contributed by atoms with Gasteiger partial charge in [0.05, 0.1) is 6.04 Å². The molecule has 1 aromatic carbocycles. The lowest BCUT2D eigenvalue weighted by molar-refractivity contribution is -0.137. The molecular weight excluding hydrogens is 275 g/mol. The summed E-state index contributed by atoms with van der Waals surface area (Å²) in [5.41, 5.74) is 5.74. The molecule has 0 heterocycles. The first-order chi connectivity index (χ1) is 9.69. The molecule has 6 heteroatoms. The van der Waals surface area contributed by atoms with Crippen LogP contribution in [-0.2, 0) is 16.0 Å². The number of rotatable bonds is 8. The Bertz CT molecular complexity index is 500. The van der Waals surface area contributed by atoms with E-state index in [0.29, 0.717) is 6.42 Å². The van der Waals surface area contributed by atoms with Gasteiger partial charge >= 0.3 is 5.97 Å². The fourth-order valence-corrected chi connectivity index (χ4v) is 2.19. The molecule has 116 valence electrons. The maximum absolute atomic E-state index is 12.9. The van der Waals surface area contributed by atoms with Gasteiger partial charge in [-0.25, -0.2) is 4.39 Å². The lowest BCUT2D eigenvalue weighted by atomic mass is 9.93. The van der Waals surface area contributed by atoms with Crippen LogP contribution in [0.4, 0.5) is 4.39 Å². The van der Waals surface area contributed by atoms with Crippen molar-refractivity contribution in [2.75, 3.05) is 0 Å². The summed E-state index contributed by atoms with van der Waals surface area (Å²) in [5.74, 6) is -1.86. The van der Waals surface area contributed by atoms with E-state index in [-0.39, 0.29) is 18.7 Å². The van der Waals surface area contributed by atoms with Crippen molar-refractivity contribution in [3.63, 3.8) is 0 Å². The number of hydrogen-bond donors (Lipinski definition) is 3. The minimum absolute atomic E-state index is 0.132. The highest BCUT2D eigenvalue weighted by atomic mass is 19.1. The molecule has 1 amide bonds. The number of hydrogen-bond acceptors (Lipinski definition) is 3. The lowest BCUT2D eigenvalue weighted by Crippen LogP contribution is -2.52. The quantitative estimate of drug-likeness (QED) is 0.677. The third kappa shape index (κ3) is 6.35. The van der Waals surface area contributed by atoms with Crippen LogP contribution in [0.15, 0.2) is 24.3 Å². The second-order valence-electron chi connectivity index (χ2n) is 5.72. The van der Waals surface area contributed by atoms with Gasteiger partial charge in [-0.15, -0.1) is 0 Å². The number of amides is 1. The van der Waals surface area contributed by atoms with Crippen LogP contribution in [0.5, 0.6) is 0 Å². The average Bonchev–Trinajstić information content (AvgIpc) is 2.36. The van der Waals surface area contributed by atoms with Gasteiger partial charge in [0.1, 0.15) is 5.82 Å². The van der Waals surface area contributed by atoms with Gasteiger partial charge in [-0.3, -0.25) is 9.59 Å². The Morgan fingerprint density at radius 3 is 2.38 bits per heavy atom. The second kappa shape index (κ2) is 7.17. The molecule has 0 radical (unpaired) electrons. The number of primary amides is 1. The maximum atomic E-state index is 12.9. The van der Waals surface area contributed by atoms with Crippen LogP contribution in [0, 0.1) is 5.82 Å². The predicted molar refractivity (Wildman–Crippen MR) is 77.2 cm³/mol. The first-order valence-electron chi connectivity index (χ1n) is 6.73. The summed E-state index contributed by atoms with van der Waals surface area (Å²) in [6.07, 6.45) is 0.564. The van der Waals surface area contributed by atoms with E-state index in [0.717, 1.165) is 5.56 Å². The number of nitrogens with one attached hydrogen (secondary N) is 1. The van der Waals surface area contributed by atoms with Crippen molar-refractivity contribution < 1.29 is 19.1 Å². The molecule has 0 saturated carbocycles. The van der Waals surface area contributed by atoms with Crippen molar-refractivity contribution in [2.24, 2.45) is 5.73 Å². The number of carbonyl (C=O) groups is 2. The Hall–Kier alpha value is -1.95. The molecule has 0 aromatic heterocycles. The zero-order valence-electron chi connectivity index (χ0n) is 12.2. The Morgan fingerprint density at radius 2 is 1.90 bits per heavy atom. The van der Waals surface area contributed by atoms with Crippen molar-refractivity contribution in [1.82, 2.24) is 5.32 Å². The summed E-state index contributed by atoms with van der Waals surface area (Å²) in [6.45, 7) is 3.76. The van der Waals surface area contributed by atoms with Gasteiger partial charge in [0.15, 0.2) is 0 Å². The van der Waals surface area contributed by atoms with Crippen LogP contribution in [-0.4, -0.2) is 28.6 Å². The predicted octanol–water partition coefficient (Wildman–Crippen LogP) is 1.46. The van der Waals surface area contributed by atoms with Crippen molar-refractivity contribution in [1.29, 1.82) is 0 Å². The molecule has 1 unspecified atom stereocenters. The topological polar surface area (TPSA) is 92.4 Å². The minimum atomic E-state index is -0.973. The highest BCUT2D eigenvalue weighted by Gasteiger charge is 2.26. The second-order valence-corrected chi connectivity index (χ2v) is 5.72. The molecule has 1 rings (SSSR count). The maximum Gasteiger partial charge on any atom is 0.303 e. The van der Waals surface area contributed by atoms with Crippen LogP contribution < -0.4 is 11.1 Å². The van der Waals surface area contributed by atoms with Gasteiger partial charge in [-0.2, -0.15) is 0 Å². The molecule has 1 aromatic rings. The zero-order valence-corrected chi connectivity index (χ0v) is 12.2. The van der Waals surface area contributed by atoms with E-state index in [2.05, 4.69) is 5.32 Å². The number of benzene rings is 1. The van der Waals surface area contributed by atoms with Gasteiger partial charge in [0.25, 0.3) is 0 Å². The van der Waals surface area contributed by atoms with Crippen LogP contribution in [0.2, 0.25) is 0 Å². The number of carboxylic acids is 1. The number of nitrogens with two attached hydrogens (primary N) is 1. The van der Waals surface area contributed by atoms with Crippen molar-refractivity contribution in [3.8, 4) is 0 Å². The van der Waals surface area contributed by atoms with Gasteiger partial charge in [-0.1, -0.05) is 12.1 Å². The van der Waals surface area contributed by atoms with Gasteiger partial charge < -0.3 is 16.2 Å². The van der Waals surface area contributed by atoms with Crippen molar-refractivity contribution >= 4 is 11.9 Å². The van der Waals surface area contributed by atoms with Crippen LogP contribution in [0.25, 0.3) is 0 Å². The molecule has 5 nitrogen and oxygen atoms in total. The first kappa shape index (κ1) is 17.1. The largest absolute Gasteiger partial charge is 0.481 e. The fourth-order valence-electron chi connectivity index (χ4n) is 2.19. The lowest BCUT2D eigenvalue weighted by Gasteiger charge is -2.30. The minimum Gasteiger partial charge on any atom is -0.481 e. The molecule has 0 fully saturated rings. The molecular formula is C15H21FN2O3. The average molecular weight is 296 g/mol. The molecule has 21 heavy (non-hydrogen) atoms. The SMILES string of the molecule is CC(C)(Cc1ccc(F)cc1)NC(CCC(=O)O)C(N)=O. The van der Waals surface area contributed by atoms with E-state index in [9.17, 15) is 14.0 Å². The Morgan fingerprint density at radius 1 is 1.33 bits per heavy atom. The summed E-state index contributed by atoms with van der Waals surface area (Å²) in [6, 6.07) is 5.39. The van der Waals surface area contributed by atoms with Crippen molar-refractivity contribution in [2.45, 2.75) is 44.7 Å². The van der Waals surface area contributed by atoms with E-state index >= 15 is 0 Å². The van der Waals surface area contributed by atoms with E-state index in [1.54, 1.807) is 12.1 Å². The van der Waals surface area contributed by atoms with Crippen molar-refractivity contribution in [3.05, 3.63) is 35.6 Å². The third-order valence-corrected chi connectivity index (χ3v) is 3.11. The van der Waals surface area contributed by atoms with Crippen LogP contribution in [0.1, 0.15) is 32.3 Å². The zero-order chi connectivity index (χ0) is 16.0. The number of carbonyl (C=O) groups excluding carboxylic acids is 1. The van der Waals surface area contributed by atoms with E-state index in [4.69, 9.17) is 10.8 Å². The van der Waals surface area contributed by atoms with Crippen LogP contribution >= 0.6 is 0 Å². The van der Waals surface area contributed by atoms with Gasteiger partial charge in [0.2, 0.25) is 5.91 Å². The van der Waals surface area contributed by atoms with E-state index in [1.807, 2.05) is 13.8 Å². The van der Waals surface area contributed by atoms with Gasteiger partial charge in [0, 0.05) is 12.0 Å². The van der Waals surface area contributed by atoms with E-state index in [1.165, 1.54) is 12.1 Å². The molecule has 0 saturated heterocycles.